The highest BCUT2D eigenvalue weighted by atomic mass is 32.1. The molecule has 0 bridgehead atoms. The topological polar surface area (TPSA) is 36.4 Å². The van der Waals surface area contributed by atoms with Gasteiger partial charge in [-0.2, -0.15) is 0 Å². The fourth-order valence-corrected chi connectivity index (χ4v) is 5.04. The number of likely N-dealkylation sites (tertiary alicyclic amines) is 1. The number of carbonyl (C=O) groups excluding carboxylic acids is 1. The monoisotopic (exact) mass is 393 g/mol. The summed E-state index contributed by atoms with van der Waals surface area (Å²) in [6.07, 6.45) is 2.01. The van der Waals surface area contributed by atoms with Crippen molar-refractivity contribution in [2.24, 2.45) is 0 Å². The number of rotatable bonds is 5. The van der Waals surface area contributed by atoms with Crippen molar-refractivity contribution in [2.75, 3.05) is 26.7 Å². The van der Waals surface area contributed by atoms with Gasteiger partial charge in [-0.15, -0.1) is 11.3 Å². The van der Waals surface area contributed by atoms with E-state index in [0.717, 1.165) is 38.0 Å². The minimum absolute atomic E-state index is 0.235. The van der Waals surface area contributed by atoms with Gasteiger partial charge < -0.3 is 4.90 Å². The third kappa shape index (κ3) is 4.26. The number of hydrogen-bond acceptors (Lipinski definition) is 4. The molecule has 4 nitrogen and oxygen atoms in total. The molecule has 1 fully saturated rings. The van der Waals surface area contributed by atoms with Gasteiger partial charge in [0, 0.05) is 25.6 Å². The quantitative estimate of drug-likeness (QED) is 0.643. The summed E-state index contributed by atoms with van der Waals surface area (Å²) in [5.41, 5.74) is 3.66. The van der Waals surface area contributed by atoms with Gasteiger partial charge in [0.05, 0.1) is 21.8 Å². The van der Waals surface area contributed by atoms with Gasteiger partial charge in [-0.3, -0.25) is 9.69 Å². The molecule has 0 spiro atoms. The molecule has 146 valence electrons. The average Bonchev–Trinajstić information content (AvgIpc) is 3.14. The Morgan fingerprint density at radius 2 is 1.86 bits per heavy atom. The number of hydrogen-bond donors (Lipinski definition) is 0. The molecule has 3 aromatic rings. The standard InChI is InChI=1S/C23H27N3OS/c1-17-7-3-4-8-19(17)15-25(2)16-22(27)26-13-11-18(12-14-26)23-24-20-9-5-6-10-21(20)28-23/h3-10,18H,11-16H2,1-2H3. The fraction of sp³-hybridized carbons (Fsp3) is 0.391. The van der Waals surface area contributed by atoms with Gasteiger partial charge in [0.2, 0.25) is 5.91 Å². The largest absolute Gasteiger partial charge is 0.342 e. The number of likely N-dealkylation sites (N-methyl/N-ethyl adjacent to an activating group) is 1. The predicted molar refractivity (Wildman–Crippen MR) is 116 cm³/mol. The number of thiazole rings is 1. The Morgan fingerprint density at radius 1 is 1.14 bits per heavy atom. The predicted octanol–water partition coefficient (Wildman–Crippen LogP) is 4.44. The summed E-state index contributed by atoms with van der Waals surface area (Å²) >= 11 is 1.80. The number of para-hydroxylation sites is 1. The van der Waals surface area contributed by atoms with E-state index in [1.807, 2.05) is 18.0 Å². The number of amides is 1. The van der Waals surface area contributed by atoms with Crippen molar-refractivity contribution in [2.45, 2.75) is 32.2 Å². The van der Waals surface area contributed by atoms with Crippen molar-refractivity contribution in [3.05, 3.63) is 64.7 Å². The number of piperidine rings is 1. The molecule has 0 radical (unpaired) electrons. The summed E-state index contributed by atoms with van der Waals surface area (Å²) in [6.45, 7) is 5.06. The molecule has 4 rings (SSSR count). The number of aryl methyl sites for hydroxylation is 1. The first-order valence-electron chi connectivity index (χ1n) is 9.96. The molecule has 0 atom stereocenters. The molecule has 28 heavy (non-hydrogen) atoms. The van der Waals surface area contributed by atoms with Crippen LogP contribution >= 0.6 is 11.3 Å². The Labute approximate surface area is 170 Å². The van der Waals surface area contributed by atoms with Crippen molar-refractivity contribution in [1.29, 1.82) is 0 Å². The normalized spacial score (nSPS) is 15.5. The second kappa shape index (κ2) is 8.41. The van der Waals surface area contributed by atoms with Crippen LogP contribution in [0.25, 0.3) is 10.2 Å². The Bertz CT molecular complexity index is 926. The van der Waals surface area contributed by atoms with Gasteiger partial charge in [0.25, 0.3) is 0 Å². The molecular weight excluding hydrogens is 366 g/mol. The zero-order valence-electron chi connectivity index (χ0n) is 16.6. The van der Waals surface area contributed by atoms with E-state index < -0.39 is 0 Å². The van der Waals surface area contributed by atoms with Crippen LogP contribution in [-0.4, -0.2) is 47.4 Å². The molecule has 0 N–H and O–H groups in total. The van der Waals surface area contributed by atoms with Crippen LogP contribution in [0.2, 0.25) is 0 Å². The molecular formula is C23H27N3OS. The summed E-state index contributed by atoms with van der Waals surface area (Å²) in [5.74, 6) is 0.713. The van der Waals surface area contributed by atoms with Crippen LogP contribution in [0.4, 0.5) is 0 Å². The summed E-state index contributed by atoms with van der Waals surface area (Å²) in [7, 11) is 2.03. The van der Waals surface area contributed by atoms with E-state index in [1.54, 1.807) is 11.3 Å². The molecule has 2 aromatic carbocycles. The first-order valence-corrected chi connectivity index (χ1v) is 10.8. The lowest BCUT2D eigenvalue weighted by molar-refractivity contribution is -0.133. The molecule has 0 aliphatic carbocycles. The van der Waals surface area contributed by atoms with Gasteiger partial charge in [-0.25, -0.2) is 4.98 Å². The van der Waals surface area contributed by atoms with E-state index >= 15 is 0 Å². The smallest absolute Gasteiger partial charge is 0.236 e. The van der Waals surface area contributed by atoms with Gasteiger partial charge >= 0.3 is 0 Å². The summed E-state index contributed by atoms with van der Waals surface area (Å²) < 4.78 is 1.26. The lowest BCUT2D eigenvalue weighted by atomic mass is 9.97. The van der Waals surface area contributed by atoms with Crippen molar-refractivity contribution in [3.8, 4) is 0 Å². The highest BCUT2D eigenvalue weighted by molar-refractivity contribution is 7.18. The Balaban J connectivity index is 1.30. The Hall–Kier alpha value is -2.24. The molecule has 0 unspecified atom stereocenters. The van der Waals surface area contributed by atoms with E-state index in [-0.39, 0.29) is 5.91 Å². The minimum atomic E-state index is 0.235. The van der Waals surface area contributed by atoms with E-state index in [0.29, 0.717) is 12.5 Å². The maximum Gasteiger partial charge on any atom is 0.236 e. The summed E-state index contributed by atoms with van der Waals surface area (Å²) in [4.78, 5) is 21.7. The molecule has 1 aromatic heterocycles. The van der Waals surface area contributed by atoms with Crippen molar-refractivity contribution in [1.82, 2.24) is 14.8 Å². The van der Waals surface area contributed by atoms with Gasteiger partial charge in [0.15, 0.2) is 0 Å². The first kappa shape index (κ1) is 19.1. The Kier molecular flexibility index (Phi) is 5.74. The lowest BCUT2D eigenvalue weighted by Gasteiger charge is -2.32. The van der Waals surface area contributed by atoms with Crippen LogP contribution in [0, 0.1) is 6.92 Å². The minimum Gasteiger partial charge on any atom is -0.342 e. The van der Waals surface area contributed by atoms with Crippen molar-refractivity contribution < 1.29 is 4.79 Å². The second-order valence-electron chi connectivity index (χ2n) is 7.77. The molecule has 0 saturated carbocycles. The second-order valence-corrected chi connectivity index (χ2v) is 8.84. The molecule has 5 heteroatoms. The average molecular weight is 394 g/mol. The number of benzene rings is 2. The van der Waals surface area contributed by atoms with E-state index in [4.69, 9.17) is 4.98 Å². The highest BCUT2D eigenvalue weighted by Gasteiger charge is 2.26. The maximum atomic E-state index is 12.7. The van der Waals surface area contributed by atoms with Gasteiger partial charge in [-0.05, 0) is 50.1 Å². The highest BCUT2D eigenvalue weighted by Crippen LogP contribution is 2.33. The van der Waals surface area contributed by atoms with E-state index in [2.05, 4.69) is 54.3 Å². The molecule has 2 heterocycles. The third-order valence-corrected chi connectivity index (χ3v) is 6.81. The molecule has 1 saturated heterocycles. The van der Waals surface area contributed by atoms with Gasteiger partial charge in [0.1, 0.15) is 0 Å². The summed E-state index contributed by atoms with van der Waals surface area (Å²) in [5, 5.41) is 1.23. The van der Waals surface area contributed by atoms with Crippen LogP contribution in [0.1, 0.15) is 34.9 Å². The fourth-order valence-electron chi connectivity index (χ4n) is 3.91. The number of aromatic nitrogens is 1. The van der Waals surface area contributed by atoms with Gasteiger partial charge in [-0.1, -0.05) is 36.4 Å². The van der Waals surface area contributed by atoms with Crippen LogP contribution in [-0.2, 0) is 11.3 Å². The van der Waals surface area contributed by atoms with Crippen molar-refractivity contribution >= 4 is 27.5 Å². The number of nitrogens with zero attached hydrogens (tertiary/aromatic N) is 3. The molecule has 1 aliphatic rings. The number of fused-ring (bicyclic) bond motifs is 1. The summed E-state index contributed by atoms with van der Waals surface area (Å²) in [6, 6.07) is 16.7. The molecule has 1 aliphatic heterocycles. The van der Waals surface area contributed by atoms with E-state index in [1.165, 1.54) is 20.8 Å². The van der Waals surface area contributed by atoms with Crippen LogP contribution < -0.4 is 0 Å². The van der Waals surface area contributed by atoms with Crippen LogP contribution in [0.3, 0.4) is 0 Å². The van der Waals surface area contributed by atoms with E-state index in [9.17, 15) is 4.79 Å². The Morgan fingerprint density at radius 3 is 2.61 bits per heavy atom. The van der Waals surface area contributed by atoms with Crippen LogP contribution in [0.15, 0.2) is 48.5 Å². The maximum absolute atomic E-state index is 12.7. The SMILES string of the molecule is Cc1ccccc1CN(C)CC(=O)N1CCC(c2nc3ccccc3s2)CC1. The first-order chi connectivity index (χ1) is 13.6. The zero-order chi connectivity index (χ0) is 19.5. The third-order valence-electron chi connectivity index (χ3n) is 5.61. The zero-order valence-corrected chi connectivity index (χ0v) is 17.4. The number of carbonyl (C=O) groups is 1. The molecule has 1 amide bonds. The van der Waals surface area contributed by atoms with Crippen molar-refractivity contribution in [3.63, 3.8) is 0 Å². The van der Waals surface area contributed by atoms with Crippen LogP contribution in [0.5, 0.6) is 0 Å². The lowest BCUT2D eigenvalue weighted by Crippen LogP contribution is -2.42.